The van der Waals surface area contributed by atoms with Crippen molar-refractivity contribution in [1.82, 2.24) is 5.32 Å². The fraction of sp³-hybridized carbons (Fsp3) is 0.939. The molecule has 0 radical (unpaired) electrons. The van der Waals surface area contributed by atoms with E-state index in [4.69, 9.17) is 9.47 Å². The highest BCUT2D eigenvalue weighted by Gasteiger charge is 2.62. The number of piperidine rings is 1. The second-order valence-electron chi connectivity index (χ2n) is 15.4. The lowest BCUT2D eigenvalue weighted by Gasteiger charge is -2.58. The molecule has 2 aliphatic heterocycles. The number of rotatable bonds is 5. The summed E-state index contributed by atoms with van der Waals surface area (Å²) in [7, 11) is 0. The number of ether oxygens (including phenoxy) is 2. The van der Waals surface area contributed by atoms with Crippen molar-refractivity contribution in [3.63, 3.8) is 0 Å². The van der Waals surface area contributed by atoms with Gasteiger partial charge in [-0.15, -0.1) is 0 Å². The fourth-order valence-corrected chi connectivity index (χ4v) is 10.8. The lowest BCUT2D eigenvalue weighted by atomic mass is 9.47. The molecule has 6 N–H and O–H groups in total. The summed E-state index contributed by atoms with van der Waals surface area (Å²) in [6, 6.07) is 0.508. The van der Waals surface area contributed by atoms with Gasteiger partial charge in [0.25, 0.3) is 0 Å². The Morgan fingerprint density at radius 1 is 1.02 bits per heavy atom. The van der Waals surface area contributed by atoms with E-state index in [2.05, 4.69) is 39.1 Å². The van der Waals surface area contributed by atoms with Gasteiger partial charge in [-0.1, -0.05) is 39.3 Å². The molecule has 0 aromatic heterocycles. The van der Waals surface area contributed by atoms with Crippen LogP contribution in [0, 0.1) is 46.3 Å². The van der Waals surface area contributed by atoms with Gasteiger partial charge in [0, 0.05) is 6.04 Å². The minimum Gasteiger partial charge on any atom is -0.394 e. The molecule has 2 heterocycles. The highest BCUT2D eigenvalue weighted by Crippen LogP contribution is 2.67. The van der Waals surface area contributed by atoms with E-state index >= 15 is 0 Å². The fourth-order valence-electron chi connectivity index (χ4n) is 10.8. The predicted octanol–water partition coefficient (Wildman–Crippen LogP) is 2.75. The van der Waals surface area contributed by atoms with Crippen LogP contribution in [0.2, 0.25) is 0 Å². The average molecular weight is 578 g/mol. The lowest BCUT2D eigenvalue weighted by molar-refractivity contribution is -0.313. The van der Waals surface area contributed by atoms with E-state index in [1.54, 1.807) is 0 Å². The highest BCUT2D eigenvalue weighted by molar-refractivity contribution is 5.26. The van der Waals surface area contributed by atoms with E-state index in [1.807, 2.05) is 0 Å². The molecule has 8 nitrogen and oxygen atoms in total. The molecule has 234 valence electrons. The molecule has 8 heteroatoms. The molecule has 6 aliphatic rings. The Bertz CT molecular complexity index is 967. The van der Waals surface area contributed by atoms with Crippen LogP contribution in [0.1, 0.15) is 85.5 Å². The molecule has 4 aliphatic carbocycles. The molecule has 6 rings (SSSR count). The number of fused-ring (bicyclic) bond motifs is 5. The van der Waals surface area contributed by atoms with Gasteiger partial charge >= 0.3 is 0 Å². The van der Waals surface area contributed by atoms with Crippen LogP contribution in [0.15, 0.2) is 11.6 Å². The first kappa shape index (κ1) is 30.4. The summed E-state index contributed by atoms with van der Waals surface area (Å²) in [5.74, 6) is 3.31. The van der Waals surface area contributed by atoms with Crippen LogP contribution in [-0.2, 0) is 9.47 Å². The Hall–Kier alpha value is -0.580. The van der Waals surface area contributed by atoms with E-state index in [0.717, 1.165) is 44.6 Å². The molecule has 0 bridgehead atoms. The maximum absolute atomic E-state index is 11.6. The number of allylic oxidation sites excluding steroid dienone is 1. The third-order valence-electron chi connectivity index (χ3n) is 13.2. The molecule has 0 amide bonds. The molecule has 0 aromatic rings. The number of aliphatic hydroxyl groups is 5. The van der Waals surface area contributed by atoms with Crippen LogP contribution in [0.25, 0.3) is 0 Å². The monoisotopic (exact) mass is 577 g/mol. The van der Waals surface area contributed by atoms with Crippen LogP contribution >= 0.6 is 0 Å². The summed E-state index contributed by atoms with van der Waals surface area (Å²) in [5, 5.41) is 55.8. The van der Waals surface area contributed by atoms with Crippen LogP contribution < -0.4 is 5.32 Å². The quantitative estimate of drug-likeness (QED) is 0.275. The second kappa shape index (κ2) is 11.4. The molecule has 5 fully saturated rings. The number of aliphatic hydroxyl groups excluding tert-OH is 5. The van der Waals surface area contributed by atoms with Gasteiger partial charge < -0.3 is 40.3 Å². The summed E-state index contributed by atoms with van der Waals surface area (Å²) in [6.45, 7) is 10.3. The Balaban J connectivity index is 1.15. The van der Waals surface area contributed by atoms with Gasteiger partial charge in [-0.2, -0.15) is 0 Å². The van der Waals surface area contributed by atoms with E-state index in [0.29, 0.717) is 35.6 Å². The van der Waals surface area contributed by atoms with Crippen molar-refractivity contribution in [3.05, 3.63) is 11.6 Å². The van der Waals surface area contributed by atoms with Gasteiger partial charge in [0.1, 0.15) is 24.4 Å². The summed E-state index contributed by atoms with van der Waals surface area (Å²) < 4.78 is 11.8. The number of nitrogens with one attached hydrogen (secondary N) is 1. The molecule has 41 heavy (non-hydrogen) atoms. The minimum absolute atomic E-state index is 0.106. The Labute approximate surface area is 245 Å². The Kier molecular flexibility index (Phi) is 8.47. The molecule has 16 atom stereocenters. The molecule has 2 saturated heterocycles. The molecular formula is C33H55NO7. The number of hydrogen-bond acceptors (Lipinski definition) is 8. The Morgan fingerprint density at radius 3 is 2.51 bits per heavy atom. The van der Waals surface area contributed by atoms with E-state index in [-0.39, 0.29) is 23.0 Å². The van der Waals surface area contributed by atoms with Crippen molar-refractivity contribution in [2.75, 3.05) is 13.2 Å². The van der Waals surface area contributed by atoms with E-state index in [1.165, 1.54) is 31.3 Å². The average Bonchev–Trinajstić information content (AvgIpc) is 3.23. The maximum Gasteiger partial charge on any atom is 0.186 e. The predicted molar refractivity (Wildman–Crippen MR) is 155 cm³/mol. The maximum atomic E-state index is 11.6. The van der Waals surface area contributed by atoms with Crippen molar-refractivity contribution in [1.29, 1.82) is 0 Å². The summed E-state index contributed by atoms with van der Waals surface area (Å²) in [5.41, 5.74) is 1.72. The first-order chi connectivity index (χ1) is 19.5. The van der Waals surface area contributed by atoms with Gasteiger partial charge in [-0.3, -0.25) is 0 Å². The summed E-state index contributed by atoms with van der Waals surface area (Å²) >= 11 is 0. The topological polar surface area (TPSA) is 132 Å². The normalized spacial score (nSPS) is 54.5. The van der Waals surface area contributed by atoms with Crippen LogP contribution in [0.5, 0.6) is 0 Å². The molecule has 0 spiro atoms. The standard InChI is InChI=1S/C33H55NO7/c1-17-5-8-24(34-15-17)18(2)27-25(36)14-23-21-7-6-19-13-20(9-11-32(19,3)22(21)10-12-33(23,27)4)40-31-30(39)29(38)28(37)26(16-35)41-31/h6,17-18,20-31,34-39H,5,7-16H2,1-4H3/t17-,18+,20-,21+,22-,23-,24-,25+,26+,27-,28-,29-,30+,31+,32-,33-/m0/s1. The largest absolute Gasteiger partial charge is 0.394 e. The first-order valence-corrected chi connectivity index (χ1v) is 16.5. The molecule has 0 unspecified atom stereocenters. The summed E-state index contributed by atoms with van der Waals surface area (Å²) in [6.07, 6.45) is 5.37. The van der Waals surface area contributed by atoms with Gasteiger partial charge in [0.15, 0.2) is 6.29 Å². The SMILES string of the molecule is C[C@H]1CC[C@@H]([C@@H](C)[C@H]2[C@H](O)C[C@H]3[C@@H]4CC=C5C[C@@H](O[C@@H]6O[C@H](CO)[C@H](O)[C@H](O)[C@H]6O)CC[C@]5(C)[C@H]4CC[C@]23C)NC1. The van der Waals surface area contributed by atoms with Crippen LogP contribution in [-0.4, -0.2) is 87.6 Å². The van der Waals surface area contributed by atoms with E-state index in [9.17, 15) is 25.5 Å². The third-order valence-corrected chi connectivity index (χ3v) is 13.2. The molecular weight excluding hydrogens is 522 g/mol. The van der Waals surface area contributed by atoms with Gasteiger partial charge in [-0.25, -0.2) is 0 Å². The summed E-state index contributed by atoms with van der Waals surface area (Å²) in [4.78, 5) is 0. The van der Waals surface area contributed by atoms with Gasteiger partial charge in [0.05, 0.1) is 18.8 Å². The third kappa shape index (κ3) is 5.06. The van der Waals surface area contributed by atoms with Crippen molar-refractivity contribution >= 4 is 0 Å². The minimum atomic E-state index is -1.42. The van der Waals surface area contributed by atoms with Crippen molar-refractivity contribution in [3.8, 4) is 0 Å². The Morgan fingerprint density at radius 2 is 1.80 bits per heavy atom. The van der Waals surface area contributed by atoms with Crippen LogP contribution in [0.4, 0.5) is 0 Å². The highest BCUT2D eigenvalue weighted by atomic mass is 16.7. The van der Waals surface area contributed by atoms with Crippen molar-refractivity contribution in [2.45, 2.75) is 134 Å². The zero-order chi connectivity index (χ0) is 29.3. The second-order valence-corrected chi connectivity index (χ2v) is 15.4. The smallest absolute Gasteiger partial charge is 0.186 e. The van der Waals surface area contributed by atoms with Gasteiger partial charge in [0.2, 0.25) is 0 Å². The molecule has 0 aromatic carbocycles. The van der Waals surface area contributed by atoms with E-state index < -0.39 is 37.3 Å². The lowest BCUT2D eigenvalue weighted by Crippen LogP contribution is -2.60. The van der Waals surface area contributed by atoms with Crippen molar-refractivity contribution < 1.29 is 35.0 Å². The number of hydrogen-bond donors (Lipinski definition) is 6. The van der Waals surface area contributed by atoms with Crippen molar-refractivity contribution in [2.24, 2.45) is 46.3 Å². The zero-order valence-electron chi connectivity index (χ0n) is 25.5. The first-order valence-electron chi connectivity index (χ1n) is 16.5. The zero-order valence-corrected chi connectivity index (χ0v) is 25.5. The van der Waals surface area contributed by atoms with Crippen LogP contribution in [0.3, 0.4) is 0 Å². The van der Waals surface area contributed by atoms with Gasteiger partial charge in [-0.05, 0) is 111 Å². The molecule has 3 saturated carbocycles.